The molecule has 66 heavy (non-hydrogen) atoms. The molecule has 2 fully saturated rings. The van der Waals surface area contributed by atoms with Crippen molar-refractivity contribution in [3.05, 3.63) is 218 Å². The number of hydrogen-bond acceptors (Lipinski definition) is 1. The van der Waals surface area contributed by atoms with Gasteiger partial charge in [0.25, 0.3) is 0 Å². The fourth-order valence-electron chi connectivity index (χ4n) is 12.5. The molecule has 2 heteroatoms. The van der Waals surface area contributed by atoms with Crippen LogP contribution in [0.2, 0.25) is 0 Å². The maximum atomic E-state index is 2.50. The molecule has 0 spiro atoms. The van der Waals surface area contributed by atoms with Gasteiger partial charge in [-0.15, -0.1) is 0 Å². The van der Waals surface area contributed by atoms with Crippen molar-refractivity contribution in [2.75, 3.05) is 4.90 Å². The van der Waals surface area contributed by atoms with Gasteiger partial charge in [0, 0.05) is 33.5 Å². The van der Waals surface area contributed by atoms with Gasteiger partial charge >= 0.3 is 0 Å². The van der Waals surface area contributed by atoms with Gasteiger partial charge in [0.2, 0.25) is 0 Å². The van der Waals surface area contributed by atoms with E-state index in [4.69, 9.17) is 0 Å². The molecule has 2 aliphatic rings. The number of para-hydroxylation sites is 2. The predicted molar refractivity (Wildman–Crippen MR) is 280 cm³/mol. The molecule has 2 unspecified atom stereocenters. The largest absolute Gasteiger partial charge is 0.311 e. The highest BCUT2D eigenvalue weighted by Crippen LogP contribution is 2.55. The van der Waals surface area contributed by atoms with E-state index in [2.05, 4.69) is 236 Å². The number of rotatable bonds is 9. The van der Waals surface area contributed by atoms with Crippen LogP contribution in [0.5, 0.6) is 0 Å². The quantitative estimate of drug-likeness (QED) is 0.140. The third-order valence-corrected chi connectivity index (χ3v) is 15.6. The van der Waals surface area contributed by atoms with Crippen LogP contribution in [0.4, 0.5) is 17.1 Å². The van der Waals surface area contributed by atoms with Gasteiger partial charge in [0.15, 0.2) is 0 Å². The van der Waals surface area contributed by atoms with Gasteiger partial charge in [-0.05, 0) is 166 Å². The molecule has 0 amide bonds. The highest BCUT2D eigenvalue weighted by atomic mass is 15.1. The molecule has 1 heterocycles. The average molecular weight is 853 g/mol. The summed E-state index contributed by atoms with van der Waals surface area (Å²) in [5, 5.41) is 5.07. The molecule has 2 aliphatic carbocycles. The Labute approximate surface area is 389 Å². The third-order valence-electron chi connectivity index (χ3n) is 15.6. The lowest BCUT2D eigenvalue weighted by molar-refractivity contribution is 0.276. The number of fused-ring (bicyclic) bond motifs is 6. The maximum absolute atomic E-state index is 2.50. The Bertz CT molecular complexity index is 3280. The lowest BCUT2D eigenvalue weighted by Gasteiger charge is -2.32. The van der Waals surface area contributed by atoms with Crippen LogP contribution in [-0.2, 0) is 5.41 Å². The van der Waals surface area contributed by atoms with Crippen LogP contribution in [0, 0.1) is 17.8 Å². The van der Waals surface area contributed by atoms with Gasteiger partial charge in [-0.25, -0.2) is 0 Å². The van der Waals surface area contributed by atoms with Gasteiger partial charge in [-0.2, -0.15) is 0 Å². The first-order valence-electron chi connectivity index (χ1n) is 24.3. The summed E-state index contributed by atoms with van der Waals surface area (Å²) in [6, 6.07) is 78.8. The second-order valence-corrected chi connectivity index (χ2v) is 19.5. The van der Waals surface area contributed by atoms with E-state index in [1.165, 1.54) is 104 Å². The lowest BCUT2D eigenvalue weighted by atomic mass is 9.73. The molecule has 322 valence electrons. The topological polar surface area (TPSA) is 8.17 Å². The summed E-state index contributed by atoms with van der Waals surface area (Å²) in [7, 11) is 0. The summed E-state index contributed by atoms with van der Waals surface area (Å²) in [6.45, 7) is 4.92. The van der Waals surface area contributed by atoms with Crippen LogP contribution in [0.25, 0.3) is 71.6 Å². The Morgan fingerprint density at radius 2 is 1.03 bits per heavy atom. The number of hydrogen-bond donors (Lipinski definition) is 0. The Morgan fingerprint density at radius 3 is 1.67 bits per heavy atom. The zero-order valence-corrected chi connectivity index (χ0v) is 38.1. The molecule has 2 bridgehead atoms. The Morgan fingerprint density at radius 1 is 0.500 bits per heavy atom. The minimum Gasteiger partial charge on any atom is -0.311 e. The Balaban J connectivity index is 0.878. The van der Waals surface area contributed by atoms with Crippen LogP contribution >= 0.6 is 0 Å². The van der Waals surface area contributed by atoms with Gasteiger partial charge in [-0.1, -0.05) is 172 Å². The lowest BCUT2D eigenvalue weighted by Crippen LogP contribution is -2.24. The molecule has 2 nitrogen and oxygen atoms in total. The van der Waals surface area contributed by atoms with E-state index in [1.807, 2.05) is 0 Å². The SMILES string of the molecule is CCC1C[C@H](C)CC2(c3ccc(-c4ccc(N(c5ccc(-c6cccc(-n7c8ccccc8c8ccccc87)c6)cc5)c5ccc(-c6cccc7ccccc67)cc5)cc4)cc3)CC[C@@H]1C2. The van der Waals surface area contributed by atoms with E-state index in [0.29, 0.717) is 5.41 Å². The number of nitrogens with zero attached hydrogens (tertiary/aromatic N) is 2. The van der Waals surface area contributed by atoms with E-state index < -0.39 is 0 Å². The summed E-state index contributed by atoms with van der Waals surface area (Å²) in [4.78, 5) is 2.39. The van der Waals surface area contributed by atoms with E-state index in [0.717, 1.165) is 40.5 Å². The summed E-state index contributed by atoms with van der Waals surface area (Å²) >= 11 is 0. The van der Waals surface area contributed by atoms with Crippen LogP contribution in [0.1, 0.15) is 57.9 Å². The summed E-state index contributed by atoms with van der Waals surface area (Å²) < 4.78 is 2.40. The Hall–Kier alpha value is -7.16. The van der Waals surface area contributed by atoms with Gasteiger partial charge < -0.3 is 9.47 Å². The first kappa shape index (κ1) is 40.4. The second-order valence-electron chi connectivity index (χ2n) is 19.5. The molecule has 4 atom stereocenters. The maximum Gasteiger partial charge on any atom is 0.0541 e. The van der Waals surface area contributed by atoms with Crippen molar-refractivity contribution in [2.24, 2.45) is 17.8 Å². The fraction of sp³-hybridized carbons (Fsp3) is 0.188. The normalized spacial score (nSPS) is 19.3. The molecule has 0 saturated heterocycles. The number of aromatic nitrogens is 1. The van der Waals surface area contributed by atoms with E-state index in [-0.39, 0.29) is 0 Å². The fourth-order valence-corrected chi connectivity index (χ4v) is 12.5. The second kappa shape index (κ2) is 16.7. The van der Waals surface area contributed by atoms with E-state index in [1.54, 1.807) is 5.56 Å². The first-order chi connectivity index (χ1) is 32.5. The molecule has 0 N–H and O–H groups in total. The van der Waals surface area contributed by atoms with Crippen molar-refractivity contribution in [3.8, 4) is 39.1 Å². The molecule has 12 rings (SSSR count). The van der Waals surface area contributed by atoms with Crippen molar-refractivity contribution in [1.82, 2.24) is 4.57 Å². The van der Waals surface area contributed by atoms with Gasteiger partial charge in [0.1, 0.15) is 0 Å². The van der Waals surface area contributed by atoms with Crippen LogP contribution in [-0.4, -0.2) is 4.57 Å². The zero-order chi connectivity index (χ0) is 44.2. The average Bonchev–Trinajstić information content (AvgIpc) is 3.92. The smallest absolute Gasteiger partial charge is 0.0541 e. The highest BCUT2D eigenvalue weighted by molar-refractivity contribution is 6.09. The Kier molecular flexibility index (Phi) is 10.2. The molecule has 9 aromatic carbocycles. The van der Waals surface area contributed by atoms with Crippen molar-refractivity contribution in [3.63, 3.8) is 0 Å². The van der Waals surface area contributed by atoms with Crippen LogP contribution < -0.4 is 4.90 Å². The van der Waals surface area contributed by atoms with Crippen molar-refractivity contribution < 1.29 is 0 Å². The first-order valence-corrected chi connectivity index (χ1v) is 24.3. The third kappa shape index (κ3) is 7.11. The van der Waals surface area contributed by atoms with Crippen LogP contribution in [0.3, 0.4) is 0 Å². The molecular formula is C64H56N2. The number of anilines is 3. The molecule has 1 aromatic heterocycles. The van der Waals surface area contributed by atoms with Crippen molar-refractivity contribution >= 4 is 49.6 Å². The predicted octanol–water partition coefficient (Wildman–Crippen LogP) is 17.9. The molecular weight excluding hydrogens is 797 g/mol. The summed E-state index contributed by atoms with van der Waals surface area (Å²) in [5.74, 6) is 2.59. The highest BCUT2D eigenvalue weighted by Gasteiger charge is 2.46. The van der Waals surface area contributed by atoms with E-state index in [9.17, 15) is 0 Å². The van der Waals surface area contributed by atoms with Gasteiger partial charge in [0.05, 0.1) is 11.0 Å². The van der Waals surface area contributed by atoms with Crippen molar-refractivity contribution in [2.45, 2.75) is 57.8 Å². The molecule has 2 saturated carbocycles. The summed E-state index contributed by atoms with van der Waals surface area (Å²) in [5.41, 5.74) is 16.2. The molecule has 0 aliphatic heterocycles. The zero-order valence-electron chi connectivity index (χ0n) is 38.1. The van der Waals surface area contributed by atoms with Crippen LogP contribution in [0.15, 0.2) is 212 Å². The summed E-state index contributed by atoms with van der Waals surface area (Å²) in [6.07, 6.45) is 8.19. The monoisotopic (exact) mass is 852 g/mol. The molecule has 10 aromatic rings. The van der Waals surface area contributed by atoms with Crippen molar-refractivity contribution in [1.29, 1.82) is 0 Å². The molecule has 0 radical (unpaired) electrons. The standard InChI is InChI=1S/C64H56N2/c1-3-45-40-44(2)42-64(39-38-52(45)43-64)53-30-22-46(23-31-53)47-24-32-54(33-25-47)65(56-36-28-50(29-37-56)59-19-11-13-49-12-4-5-16-58(49)59)55-34-26-48(27-35-55)51-14-10-15-57(41-51)66-62-20-8-6-17-60(62)61-18-7-9-21-63(61)66/h4-37,41,44-45,52H,3,38-40,42-43H2,1-2H3/t44-,45?,52+,64?/m0/s1. The minimum atomic E-state index is 0.352. The number of benzene rings is 9. The minimum absolute atomic E-state index is 0.352. The van der Waals surface area contributed by atoms with Gasteiger partial charge in [-0.3, -0.25) is 0 Å². The van der Waals surface area contributed by atoms with E-state index >= 15 is 0 Å².